The van der Waals surface area contributed by atoms with E-state index >= 15 is 0 Å². The number of benzene rings is 1. The van der Waals surface area contributed by atoms with Gasteiger partial charge in [0.15, 0.2) is 0 Å². The predicted octanol–water partition coefficient (Wildman–Crippen LogP) is 3.49. The number of rotatable bonds is 4. The van der Waals surface area contributed by atoms with Gasteiger partial charge < -0.3 is 9.67 Å². The lowest BCUT2D eigenvalue weighted by atomic mass is 10.0. The molecule has 5 heteroatoms. The van der Waals surface area contributed by atoms with E-state index in [2.05, 4.69) is 32.8 Å². The summed E-state index contributed by atoms with van der Waals surface area (Å²) in [5, 5.41) is 11.6. The molecule has 108 valence electrons. The maximum Gasteiger partial charge on any atom is 0.111 e. The Kier molecular flexibility index (Phi) is 4.03. The molecule has 0 saturated carbocycles. The van der Waals surface area contributed by atoms with Crippen molar-refractivity contribution >= 4 is 26.8 Å². The molecule has 1 aromatic carbocycles. The first-order chi connectivity index (χ1) is 10.2. The summed E-state index contributed by atoms with van der Waals surface area (Å²) < 4.78 is 3.02. The molecule has 0 aliphatic heterocycles. The molecule has 3 rings (SSSR count). The van der Waals surface area contributed by atoms with Crippen LogP contribution in [-0.2, 0) is 13.0 Å². The third-order valence-electron chi connectivity index (χ3n) is 3.62. The molecule has 0 amide bonds. The first kappa shape index (κ1) is 14.2. The second-order valence-electron chi connectivity index (χ2n) is 4.89. The van der Waals surface area contributed by atoms with Gasteiger partial charge in [-0.05, 0) is 19.1 Å². The molecule has 21 heavy (non-hydrogen) atoms. The van der Waals surface area contributed by atoms with Gasteiger partial charge in [0.1, 0.15) is 5.82 Å². The quantitative estimate of drug-likeness (QED) is 0.787. The average Bonchev–Trinajstić information content (AvgIpc) is 2.95. The normalized spacial score (nSPS) is 12.7. The summed E-state index contributed by atoms with van der Waals surface area (Å²) in [4.78, 5) is 8.74. The molecule has 1 unspecified atom stereocenters. The van der Waals surface area contributed by atoms with Crippen molar-refractivity contribution in [3.05, 3.63) is 58.7 Å². The lowest BCUT2D eigenvalue weighted by Crippen LogP contribution is -2.09. The van der Waals surface area contributed by atoms with E-state index in [1.807, 2.05) is 35.0 Å². The van der Waals surface area contributed by atoms with Crippen molar-refractivity contribution in [1.29, 1.82) is 0 Å². The zero-order valence-electron chi connectivity index (χ0n) is 11.7. The minimum absolute atomic E-state index is 0.480. The summed E-state index contributed by atoms with van der Waals surface area (Å²) in [6.45, 7) is 2.91. The van der Waals surface area contributed by atoms with E-state index in [9.17, 15) is 5.11 Å². The van der Waals surface area contributed by atoms with Crippen LogP contribution in [0.1, 0.15) is 24.4 Å². The van der Waals surface area contributed by atoms with E-state index in [0.29, 0.717) is 6.42 Å². The summed E-state index contributed by atoms with van der Waals surface area (Å²) >= 11 is 3.53. The summed E-state index contributed by atoms with van der Waals surface area (Å²) in [5.41, 5.74) is 1.66. The average molecular weight is 346 g/mol. The lowest BCUT2D eigenvalue weighted by Gasteiger charge is -2.14. The van der Waals surface area contributed by atoms with E-state index in [1.54, 1.807) is 12.4 Å². The largest absolute Gasteiger partial charge is 0.388 e. The highest BCUT2D eigenvalue weighted by atomic mass is 79.9. The lowest BCUT2D eigenvalue weighted by molar-refractivity contribution is 0.176. The molecule has 2 aromatic heterocycles. The van der Waals surface area contributed by atoms with Gasteiger partial charge in [-0.1, -0.05) is 28.1 Å². The van der Waals surface area contributed by atoms with E-state index in [1.165, 1.54) is 0 Å². The van der Waals surface area contributed by atoms with Gasteiger partial charge in [0.2, 0.25) is 0 Å². The first-order valence-electron chi connectivity index (χ1n) is 6.92. The molecule has 0 saturated heterocycles. The molecule has 2 heterocycles. The van der Waals surface area contributed by atoms with Gasteiger partial charge in [0.25, 0.3) is 0 Å². The molecular formula is C16H16BrN3O. The minimum Gasteiger partial charge on any atom is -0.388 e. The van der Waals surface area contributed by atoms with Crippen molar-refractivity contribution in [3.8, 4) is 0 Å². The van der Waals surface area contributed by atoms with Crippen molar-refractivity contribution in [2.45, 2.75) is 26.0 Å². The molecular weight excluding hydrogens is 330 g/mol. The fourth-order valence-corrected chi connectivity index (χ4v) is 2.98. The van der Waals surface area contributed by atoms with Gasteiger partial charge in [-0.3, -0.25) is 4.98 Å². The first-order valence-corrected chi connectivity index (χ1v) is 7.71. The van der Waals surface area contributed by atoms with Crippen LogP contribution >= 0.6 is 15.9 Å². The molecule has 0 fully saturated rings. The number of aliphatic hydroxyl groups is 1. The topological polar surface area (TPSA) is 50.9 Å². The van der Waals surface area contributed by atoms with Gasteiger partial charge in [-0.25, -0.2) is 4.98 Å². The second kappa shape index (κ2) is 5.95. The molecule has 3 aromatic rings. The molecule has 0 bridgehead atoms. The van der Waals surface area contributed by atoms with Crippen molar-refractivity contribution < 1.29 is 5.11 Å². The van der Waals surface area contributed by atoms with Crippen molar-refractivity contribution in [2.75, 3.05) is 0 Å². The highest BCUT2D eigenvalue weighted by molar-refractivity contribution is 9.10. The second-order valence-corrected chi connectivity index (χ2v) is 5.74. The van der Waals surface area contributed by atoms with E-state index in [4.69, 9.17) is 0 Å². The number of imidazole rings is 1. The Morgan fingerprint density at radius 3 is 2.90 bits per heavy atom. The SMILES string of the molecule is CCn1ccnc1CC(O)c1ccc(Br)c2cccnc12. The van der Waals surface area contributed by atoms with E-state index in [-0.39, 0.29) is 0 Å². The number of hydrogen-bond donors (Lipinski definition) is 1. The Bertz CT molecular complexity index is 769. The molecule has 4 nitrogen and oxygen atoms in total. The molecule has 0 aliphatic rings. The fraction of sp³-hybridized carbons (Fsp3) is 0.250. The van der Waals surface area contributed by atoms with Gasteiger partial charge in [0, 0.05) is 47.0 Å². The molecule has 1 N–H and O–H groups in total. The zero-order valence-corrected chi connectivity index (χ0v) is 13.3. The van der Waals surface area contributed by atoms with E-state index in [0.717, 1.165) is 33.3 Å². The smallest absolute Gasteiger partial charge is 0.111 e. The van der Waals surface area contributed by atoms with Crippen LogP contribution in [0.15, 0.2) is 47.3 Å². The zero-order chi connectivity index (χ0) is 14.8. The fourth-order valence-electron chi connectivity index (χ4n) is 2.53. The van der Waals surface area contributed by atoms with Crippen LogP contribution < -0.4 is 0 Å². The highest BCUT2D eigenvalue weighted by Gasteiger charge is 2.16. The summed E-state index contributed by atoms with van der Waals surface area (Å²) in [6, 6.07) is 7.76. The summed E-state index contributed by atoms with van der Waals surface area (Å²) in [6.07, 6.45) is 5.30. The number of halogens is 1. The van der Waals surface area contributed by atoms with Crippen LogP contribution in [0.2, 0.25) is 0 Å². The Hall–Kier alpha value is -1.72. The maximum absolute atomic E-state index is 10.6. The van der Waals surface area contributed by atoms with Crippen LogP contribution in [0.4, 0.5) is 0 Å². The maximum atomic E-state index is 10.6. The standard InChI is InChI=1S/C16H16BrN3O/c1-2-20-9-8-18-15(20)10-14(21)12-5-6-13(17)11-4-3-7-19-16(11)12/h3-9,14,21H,2,10H2,1H3. The Labute approximate surface area is 131 Å². The van der Waals surface area contributed by atoms with Crippen molar-refractivity contribution in [2.24, 2.45) is 0 Å². The highest BCUT2D eigenvalue weighted by Crippen LogP contribution is 2.29. The number of nitrogens with zero attached hydrogens (tertiary/aromatic N) is 3. The van der Waals surface area contributed by atoms with Crippen LogP contribution in [0.3, 0.4) is 0 Å². The number of aliphatic hydroxyl groups excluding tert-OH is 1. The van der Waals surface area contributed by atoms with Crippen LogP contribution in [0.25, 0.3) is 10.9 Å². The number of fused-ring (bicyclic) bond motifs is 1. The Morgan fingerprint density at radius 1 is 1.24 bits per heavy atom. The Balaban J connectivity index is 1.99. The summed E-state index contributed by atoms with van der Waals surface area (Å²) in [5.74, 6) is 0.886. The molecule has 0 aliphatic carbocycles. The predicted molar refractivity (Wildman–Crippen MR) is 86.0 cm³/mol. The van der Waals surface area contributed by atoms with Gasteiger partial charge in [-0.15, -0.1) is 0 Å². The third-order valence-corrected chi connectivity index (χ3v) is 4.32. The van der Waals surface area contributed by atoms with Gasteiger partial charge >= 0.3 is 0 Å². The molecule has 1 atom stereocenters. The van der Waals surface area contributed by atoms with Crippen LogP contribution in [0.5, 0.6) is 0 Å². The van der Waals surface area contributed by atoms with Crippen molar-refractivity contribution in [3.63, 3.8) is 0 Å². The van der Waals surface area contributed by atoms with Gasteiger partial charge in [0.05, 0.1) is 11.6 Å². The Morgan fingerprint density at radius 2 is 2.10 bits per heavy atom. The number of pyridine rings is 1. The number of aromatic nitrogens is 3. The van der Waals surface area contributed by atoms with Crippen LogP contribution in [0, 0.1) is 0 Å². The summed E-state index contributed by atoms with van der Waals surface area (Å²) in [7, 11) is 0. The van der Waals surface area contributed by atoms with Crippen molar-refractivity contribution in [1.82, 2.24) is 14.5 Å². The number of hydrogen-bond acceptors (Lipinski definition) is 3. The number of aryl methyl sites for hydroxylation is 1. The monoisotopic (exact) mass is 345 g/mol. The molecule has 0 spiro atoms. The molecule has 0 radical (unpaired) electrons. The van der Waals surface area contributed by atoms with Gasteiger partial charge in [-0.2, -0.15) is 0 Å². The minimum atomic E-state index is -0.622. The van der Waals surface area contributed by atoms with Crippen LogP contribution in [-0.4, -0.2) is 19.6 Å². The third kappa shape index (κ3) is 2.71. The van der Waals surface area contributed by atoms with E-state index < -0.39 is 6.10 Å².